The Morgan fingerprint density at radius 1 is 1.06 bits per heavy atom. The topological polar surface area (TPSA) is 88.3 Å². The highest BCUT2D eigenvalue weighted by Gasteiger charge is 2.28. The fourth-order valence-corrected chi connectivity index (χ4v) is 4.42. The van der Waals surface area contributed by atoms with Crippen LogP contribution in [-0.4, -0.2) is 44.3 Å². The van der Waals surface area contributed by atoms with Gasteiger partial charge in [0, 0.05) is 19.0 Å². The van der Waals surface area contributed by atoms with E-state index in [9.17, 15) is 4.79 Å². The third kappa shape index (κ3) is 5.06. The molecule has 1 N–H and O–H groups in total. The number of hydrogen-bond acceptors (Lipinski definition) is 6. The number of amides is 1. The Labute approximate surface area is 189 Å². The van der Waals surface area contributed by atoms with Crippen LogP contribution >= 0.6 is 0 Å². The van der Waals surface area contributed by atoms with E-state index >= 15 is 0 Å². The standard InChI is InChI=1S/C24H33N7O/c1-16(2)15-18-5-7-19(8-6-18)23(17(3)4)25-24(32)20-11-13-30(14-12-20)22-10-9-21-26-28-29-31(21)27-22/h5-10,16-17,20,23H,11-15H2,1-4H3,(H,25,32)/t23-/m0/s1. The van der Waals surface area contributed by atoms with Gasteiger partial charge in [0.05, 0.1) is 6.04 Å². The van der Waals surface area contributed by atoms with Gasteiger partial charge in [0.25, 0.3) is 0 Å². The molecule has 3 heterocycles. The van der Waals surface area contributed by atoms with Crippen molar-refractivity contribution in [3.63, 3.8) is 0 Å². The van der Waals surface area contributed by atoms with Crippen molar-refractivity contribution in [2.24, 2.45) is 17.8 Å². The lowest BCUT2D eigenvalue weighted by Crippen LogP contribution is -2.42. The largest absolute Gasteiger partial charge is 0.355 e. The molecule has 0 bridgehead atoms. The fourth-order valence-electron chi connectivity index (χ4n) is 4.42. The van der Waals surface area contributed by atoms with Crippen LogP contribution in [0.2, 0.25) is 0 Å². The Hall–Kier alpha value is -3.03. The van der Waals surface area contributed by atoms with Crippen molar-refractivity contribution >= 4 is 17.4 Å². The lowest BCUT2D eigenvalue weighted by atomic mass is 9.91. The third-order valence-electron chi connectivity index (χ3n) is 6.19. The summed E-state index contributed by atoms with van der Waals surface area (Å²) in [5.41, 5.74) is 3.15. The van der Waals surface area contributed by atoms with Gasteiger partial charge >= 0.3 is 0 Å². The van der Waals surface area contributed by atoms with Crippen LogP contribution in [0.25, 0.3) is 5.65 Å². The van der Waals surface area contributed by atoms with Crippen LogP contribution in [-0.2, 0) is 11.2 Å². The van der Waals surface area contributed by atoms with Gasteiger partial charge in [-0.2, -0.15) is 0 Å². The Morgan fingerprint density at radius 3 is 2.44 bits per heavy atom. The molecule has 0 spiro atoms. The zero-order valence-electron chi connectivity index (χ0n) is 19.4. The summed E-state index contributed by atoms with van der Waals surface area (Å²) in [5.74, 6) is 1.97. The lowest BCUT2D eigenvalue weighted by Gasteiger charge is -2.33. The van der Waals surface area contributed by atoms with Crippen LogP contribution in [0, 0.1) is 17.8 Å². The zero-order valence-corrected chi connectivity index (χ0v) is 19.4. The van der Waals surface area contributed by atoms with Crippen LogP contribution in [0.5, 0.6) is 0 Å². The maximum absolute atomic E-state index is 13.1. The van der Waals surface area contributed by atoms with Crippen LogP contribution in [0.4, 0.5) is 5.82 Å². The molecule has 1 saturated heterocycles. The first-order chi connectivity index (χ1) is 15.4. The number of hydrogen-bond donors (Lipinski definition) is 1. The first-order valence-electron chi connectivity index (χ1n) is 11.6. The Morgan fingerprint density at radius 2 is 1.78 bits per heavy atom. The molecule has 8 heteroatoms. The Bertz CT molecular complexity index is 1040. The molecule has 4 rings (SSSR count). The SMILES string of the molecule is CC(C)Cc1ccc([C@@H](NC(=O)C2CCN(c3ccc4nnnn4n3)CC2)C(C)C)cc1. The highest BCUT2D eigenvalue weighted by Crippen LogP contribution is 2.26. The second kappa shape index (κ2) is 9.63. The highest BCUT2D eigenvalue weighted by molar-refractivity contribution is 5.79. The molecule has 0 aliphatic carbocycles. The minimum Gasteiger partial charge on any atom is -0.355 e. The number of carbonyl (C=O) groups is 1. The van der Waals surface area contributed by atoms with Crippen molar-refractivity contribution in [3.8, 4) is 0 Å². The molecule has 1 fully saturated rings. The maximum atomic E-state index is 13.1. The van der Waals surface area contributed by atoms with Gasteiger partial charge in [-0.05, 0) is 64.8 Å². The van der Waals surface area contributed by atoms with Crippen LogP contribution < -0.4 is 10.2 Å². The molecule has 8 nitrogen and oxygen atoms in total. The fraction of sp³-hybridized carbons (Fsp3) is 0.542. The molecule has 1 aliphatic heterocycles. The summed E-state index contributed by atoms with van der Waals surface area (Å²) in [7, 11) is 0. The van der Waals surface area contributed by atoms with Gasteiger partial charge in [-0.15, -0.1) is 14.8 Å². The number of tetrazole rings is 1. The second-order valence-electron chi connectivity index (χ2n) is 9.55. The Balaban J connectivity index is 1.36. The predicted octanol–water partition coefficient (Wildman–Crippen LogP) is 3.45. The molecule has 0 radical (unpaired) electrons. The molecule has 32 heavy (non-hydrogen) atoms. The number of fused-ring (bicyclic) bond motifs is 1. The summed E-state index contributed by atoms with van der Waals surface area (Å²) in [6, 6.07) is 12.6. The van der Waals surface area contributed by atoms with Gasteiger partial charge < -0.3 is 10.2 Å². The van der Waals surface area contributed by atoms with Crippen LogP contribution in [0.1, 0.15) is 57.7 Å². The number of piperidine rings is 1. The van der Waals surface area contributed by atoms with Gasteiger partial charge in [0.15, 0.2) is 11.5 Å². The number of nitrogens with one attached hydrogen (secondary N) is 1. The van der Waals surface area contributed by atoms with E-state index in [-0.39, 0.29) is 17.9 Å². The smallest absolute Gasteiger partial charge is 0.223 e. The van der Waals surface area contributed by atoms with Crippen molar-refractivity contribution in [2.45, 2.75) is 53.0 Å². The van der Waals surface area contributed by atoms with Crippen molar-refractivity contribution in [1.29, 1.82) is 0 Å². The molecule has 1 aromatic carbocycles. The predicted molar refractivity (Wildman–Crippen MR) is 124 cm³/mol. The minimum absolute atomic E-state index is 0.0180. The molecule has 1 atom stereocenters. The van der Waals surface area contributed by atoms with Gasteiger partial charge in [-0.1, -0.05) is 52.0 Å². The molecule has 3 aromatic rings. The lowest BCUT2D eigenvalue weighted by molar-refractivity contribution is -0.126. The summed E-state index contributed by atoms with van der Waals surface area (Å²) in [6.07, 6.45) is 2.69. The van der Waals surface area contributed by atoms with Crippen molar-refractivity contribution in [1.82, 2.24) is 30.6 Å². The molecule has 0 saturated carbocycles. The van der Waals surface area contributed by atoms with Crippen molar-refractivity contribution in [3.05, 3.63) is 47.5 Å². The molecule has 170 valence electrons. The van der Waals surface area contributed by atoms with E-state index in [4.69, 9.17) is 0 Å². The summed E-state index contributed by atoms with van der Waals surface area (Å²) >= 11 is 0. The number of nitrogens with zero attached hydrogens (tertiary/aromatic N) is 6. The molecular weight excluding hydrogens is 402 g/mol. The quantitative estimate of drug-likeness (QED) is 0.612. The van der Waals surface area contributed by atoms with E-state index in [0.717, 1.165) is 38.2 Å². The van der Waals surface area contributed by atoms with Gasteiger partial charge in [0.2, 0.25) is 5.91 Å². The van der Waals surface area contributed by atoms with E-state index in [0.29, 0.717) is 17.5 Å². The monoisotopic (exact) mass is 435 g/mol. The number of benzene rings is 1. The van der Waals surface area contributed by atoms with E-state index in [1.165, 1.54) is 15.8 Å². The minimum atomic E-state index is 0.0180. The van der Waals surface area contributed by atoms with E-state index < -0.39 is 0 Å². The maximum Gasteiger partial charge on any atom is 0.223 e. The summed E-state index contributed by atoms with van der Waals surface area (Å²) in [4.78, 5) is 15.3. The number of anilines is 1. The molecule has 1 aliphatic rings. The van der Waals surface area contributed by atoms with Crippen LogP contribution in [0.15, 0.2) is 36.4 Å². The summed E-state index contributed by atoms with van der Waals surface area (Å²) in [6.45, 7) is 10.4. The van der Waals surface area contributed by atoms with Gasteiger partial charge in [-0.3, -0.25) is 4.79 Å². The highest BCUT2D eigenvalue weighted by atomic mass is 16.2. The second-order valence-corrected chi connectivity index (χ2v) is 9.55. The molecular formula is C24H33N7O. The van der Waals surface area contributed by atoms with Gasteiger partial charge in [0.1, 0.15) is 0 Å². The first kappa shape index (κ1) is 22.2. The normalized spacial score (nSPS) is 16.1. The van der Waals surface area contributed by atoms with E-state index in [2.05, 4.69) is 82.8 Å². The summed E-state index contributed by atoms with van der Waals surface area (Å²) in [5, 5.41) is 19.2. The summed E-state index contributed by atoms with van der Waals surface area (Å²) < 4.78 is 1.44. The van der Waals surface area contributed by atoms with E-state index in [1.807, 2.05) is 12.1 Å². The Kier molecular flexibility index (Phi) is 6.67. The van der Waals surface area contributed by atoms with Crippen LogP contribution in [0.3, 0.4) is 0 Å². The zero-order chi connectivity index (χ0) is 22.7. The number of aromatic nitrogens is 5. The average molecular weight is 436 g/mol. The number of rotatable bonds is 7. The average Bonchev–Trinajstić information content (AvgIpc) is 3.25. The molecule has 1 amide bonds. The van der Waals surface area contributed by atoms with E-state index in [1.54, 1.807) is 0 Å². The molecule has 2 aromatic heterocycles. The van der Waals surface area contributed by atoms with Crippen molar-refractivity contribution in [2.75, 3.05) is 18.0 Å². The number of carbonyl (C=O) groups excluding carboxylic acids is 1. The third-order valence-corrected chi connectivity index (χ3v) is 6.19. The van der Waals surface area contributed by atoms with Gasteiger partial charge in [-0.25, -0.2) is 0 Å². The first-order valence-corrected chi connectivity index (χ1v) is 11.6. The molecule has 0 unspecified atom stereocenters. The van der Waals surface area contributed by atoms with Crippen molar-refractivity contribution < 1.29 is 4.79 Å².